The maximum absolute atomic E-state index is 14.6. The van der Waals surface area contributed by atoms with E-state index in [1.54, 1.807) is 30.5 Å². The van der Waals surface area contributed by atoms with Crippen LogP contribution in [0, 0.1) is 17.7 Å². The summed E-state index contributed by atoms with van der Waals surface area (Å²) < 4.78 is 19.5. The number of fused-ring (bicyclic) bond motifs is 6. The maximum atomic E-state index is 14.6. The second kappa shape index (κ2) is 12.1. The van der Waals surface area contributed by atoms with Gasteiger partial charge in [0, 0.05) is 49.2 Å². The third-order valence-corrected chi connectivity index (χ3v) is 7.70. The van der Waals surface area contributed by atoms with Gasteiger partial charge in [0.25, 0.3) is 0 Å². The molecule has 0 spiro atoms. The molecular formula is C29H35FN6O4. The number of methoxy groups -OCH3 is 1. The lowest BCUT2D eigenvalue weighted by atomic mass is 9.82. The predicted octanol–water partition coefficient (Wildman–Crippen LogP) is 4.06. The van der Waals surface area contributed by atoms with Gasteiger partial charge in [-0.15, -0.1) is 0 Å². The monoisotopic (exact) mass is 550 g/mol. The predicted molar refractivity (Wildman–Crippen MR) is 148 cm³/mol. The molecule has 2 unspecified atom stereocenters. The van der Waals surface area contributed by atoms with Crippen LogP contribution in [0.15, 0.2) is 36.5 Å². The van der Waals surface area contributed by atoms with Crippen molar-refractivity contribution in [3.8, 4) is 11.3 Å². The Balaban J connectivity index is 1.51. The highest BCUT2D eigenvalue weighted by Gasteiger charge is 2.28. The lowest BCUT2D eigenvalue weighted by Crippen LogP contribution is -2.37. The highest BCUT2D eigenvalue weighted by atomic mass is 19.1. The molecule has 4 bridgehead atoms. The molecule has 10 nitrogen and oxygen atoms in total. The Morgan fingerprint density at radius 2 is 1.98 bits per heavy atom. The Morgan fingerprint density at radius 3 is 2.75 bits per heavy atom. The third kappa shape index (κ3) is 6.48. The lowest BCUT2D eigenvalue weighted by molar-refractivity contribution is -0.127. The minimum Gasteiger partial charge on any atom is -0.351 e. The van der Waals surface area contributed by atoms with Crippen LogP contribution in [0.1, 0.15) is 62.3 Å². The Kier molecular flexibility index (Phi) is 8.41. The third-order valence-electron chi connectivity index (χ3n) is 7.70. The number of aliphatic hydroxyl groups excluding tert-OH is 1. The van der Waals surface area contributed by atoms with Crippen molar-refractivity contribution in [3.63, 3.8) is 0 Å². The number of nitrogens with zero attached hydrogens (tertiary/aromatic N) is 2. The average Bonchev–Trinajstić information content (AvgIpc) is 3.43. The number of H-pyrrole nitrogens is 1. The van der Waals surface area contributed by atoms with Crippen molar-refractivity contribution in [3.05, 3.63) is 59.6 Å². The summed E-state index contributed by atoms with van der Waals surface area (Å²) in [4.78, 5) is 38.6. The first-order valence-electron chi connectivity index (χ1n) is 13.7. The fraction of sp³-hybridized carbons (Fsp3) is 0.448. The number of aromatic nitrogens is 3. The summed E-state index contributed by atoms with van der Waals surface area (Å²) in [6, 6.07) is 7.64. The lowest BCUT2D eigenvalue weighted by Gasteiger charge is -2.27. The number of aliphatic hydroxyl groups is 1. The molecule has 3 heterocycles. The number of halogens is 1. The normalized spacial score (nSPS) is 21.9. The zero-order chi connectivity index (χ0) is 28.2. The van der Waals surface area contributed by atoms with Gasteiger partial charge in [-0.25, -0.2) is 9.37 Å². The quantitative estimate of drug-likeness (QED) is 0.302. The van der Waals surface area contributed by atoms with Gasteiger partial charge in [-0.05, 0) is 61.9 Å². The molecule has 1 saturated carbocycles. The van der Waals surface area contributed by atoms with Gasteiger partial charge in [-0.3, -0.25) is 14.6 Å². The topological polar surface area (TPSA) is 141 Å². The van der Waals surface area contributed by atoms with Crippen LogP contribution in [0.4, 0.5) is 15.8 Å². The molecule has 40 heavy (non-hydrogen) atoms. The maximum Gasteiger partial charge on any atom is 0.235 e. The molecule has 0 radical (unpaired) electrons. The smallest absolute Gasteiger partial charge is 0.235 e. The Hall–Kier alpha value is -3.83. The molecule has 2 amide bonds. The molecule has 11 heteroatoms. The molecule has 0 saturated heterocycles. The van der Waals surface area contributed by atoms with Crippen molar-refractivity contribution in [1.29, 1.82) is 0 Å². The molecule has 1 aliphatic heterocycles. The first-order valence-corrected chi connectivity index (χ1v) is 13.7. The number of hydrogen-bond acceptors (Lipinski definition) is 7. The summed E-state index contributed by atoms with van der Waals surface area (Å²) >= 11 is 0. The SMILES string of the molecule is COC(O)Nc1ccc2c(c1)NC(=O)CCc1nc(ccc1F)CC(NC(=O)C1CCC(C)CC1)c1ncc-2[nH]1. The first-order chi connectivity index (χ1) is 19.3. The Bertz CT molecular complexity index is 1370. The van der Waals surface area contributed by atoms with E-state index in [0.29, 0.717) is 46.5 Å². The molecule has 1 aromatic carbocycles. The van der Waals surface area contributed by atoms with Crippen LogP contribution >= 0.6 is 0 Å². The molecule has 2 atom stereocenters. The average molecular weight is 551 g/mol. The van der Waals surface area contributed by atoms with Crippen LogP contribution in [-0.4, -0.2) is 45.4 Å². The molecular weight excluding hydrogens is 515 g/mol. The number of imidazole rings is 1. The van der Waals surface area contributed by atoms with Crippen molar-refractivity contribution < 1.29 is 23.8 Å². The second-order valence-corrected chi connectivity index (χ2v) is 10.7. The van der Waals surface area contributed by atoms with E-state index in [4.69, 9.17) is 4.74 Å². The summed E-state index contributed by atoms with van der Waals surface area (Å²) in [5.41, 5.74) is 3.07. The van der Waals surface area contributed by atoms with Crippen molar-refractivity contribution >= 4 is 23.2 Å². The number of ether oxygens (including phenoxy) is 1. The van der Waals surface area contributed by atoms with Gasteiger partial charge < -0.3 is 30.8 Å². The number of hydrogen-bond donors (Lipinski definition) is 5. The van der Waals surface area contributed by atoms with Crippen LogP contribution < -0.4 is 16.0 Å². The number of aromatic amines is 1. The van der Waals surface area contributed by atoms with E-state index in [1.165, 1.54) is 13.2 Å². The fourth-order valence-electron chi connectivity index (χ4n) is 5.32. The number of benzene rings is 1. The highest BCUT2D eigenvalue weighted by Crippen LogP contribution is 2.33. The minimum absolute atomic E-state index is 0.0136. The van der Waals surface area contributed by atoms with Gasteiger partial charge in [0.1, 0.15) is 11.6 Å². The number of pyridine rings is 1. The van der Waals surface area contributed by atoms with E-state index in [2.05, 4.69) is 37.8 Å². The van der Waals surface area contributed by atoms with Gasteiger partial charge in [0.15, 0.2) is 0 Å². The van der Waals surface area contributed by atoms with Crippen molar-refractivity contribution in [1.82, 2.24) is 20.3 Å². The van der Waals surface area contributed by atoms with E-state index in [9.17, 15) is 19.1 Å². The molecule has 1 fully saturated rings. The van der Waals surface area contributed by atoms with E-state index in [0.717, 1.165) is 25.7 Å². The standard InChI is InChI=1S/C29H35FN6O4/c1-16-3-5-17(6-4-16)28(38)36-24-14-18-8-10-21(30)22(32-18)11-12-26(37)34-23-13-19(33-29(39)40-2)7-9-20(23)25-15-31-27(24)35-25/h7-10,13,15-17,24,29,33,39H,3-6,11-12,14H2,1-2H3,(H,31,35)(H,34,37)(H,36,38). The van der Waals surface area contributed by atoms with E-state index >= 15 is 0 Å². The van der Waals surface area contributed by atoms with Crippen LogP contribution in [0.5, 0.6) is 0 Å². The molecule has 212 valence electrons. The van der Waals surface area contributed by atoms with Crippen LogP contribution in [0.2, 0.25) is 0 Å². The summed E-state index contributed by atoms with van der Waals surface area (Å²) in [7, 11) is 1.36. The zero-order valence-corrected chi connectivity index (χ0v) is 22.7. The number of aryl methyl sites for hydroxylation is 1. The minimum atomic E-state index is -1.23. The molecule has 2 aliphatic rings. The van der Waals surface area contributed by atoms with Gasteiger partial charge in [-0.2, -0.15) is 0 Å². The van der Waals surface area contributed by atoms with Crippen molar-refractivity contribution in [2.45, 2.75) is 64.3 Å². The van der Waals surface area contributed by atoms with Gasteiger partial charge >= 0.3 is 0 Å². The first kappa shape index (κ1) is 27.7. The zero-order valence-electron chi connectivity index (χ0n) is 22.7. The second-order valence-electron chi connectivity index (χ2n) is 10.7. The van der Waals surface area contributed by atoms with Gasteiger partial charge in [0.05, 0.1) is 29.3 Å². The van der Waals surface area contributed by atoms with E-state index in [-0.39, 0.29) is 36.3 Å². The fourth-order valence-corrected chi connectivity index (χ4v) is 5.32. The number of carbonyl (C=O) groups excluding carboxylic acids is 2. The number of carbonyl (C=O) groups is 2. The van der Waals surface area contributed by atoms with E-state index in [1.807, 2.05) is 0 Å². The van der Waals surface area contributed by atoms with Crippen LogP contribution in [-0.2, 0) is 27.2 Å². The largest absolute Gasteiger partial charge is 0.351 e. The molecule has 3 aromatic rings. The summed E-state index contributed by atoms with van der Waals surface area (Å²) in [6.07, 6.45) is 4.61. The highest BCUT2D eigenvalue weighted by molar-refractivity contribution is 5.96. The van der Waals surface area contributed by atoms with Gasteiger partial charge in [0.2, 0.25) is 18.2 Å². The van der Waals surface area contributed by atoms with Crippen LogP contribution in [0.3, 0.4) is 0 Å². The molecule has 5 N–H and O–H groups in total. The molecule has 1 aliphatic carbocycles. The van der Waals surface area contributed by atoms with Crippen molar-refractivity contribution in [2.24, 2.45) is 11.8 Å². The van der Waals surface area contributed by atoms with Gasteiger partial charge in [-0.1, -0.05) is 6.92 Å². The summed E-state index contributed by atoms with van der Waals surface area (Å²) in [5, 5.41) is 18.7. The molecule has 5 rings (SSSR count). The number of rotatable bonds is 5. The Morgan fingerprint density at radius 1 is 1.18 bits per heavy atom. The number of anilines is 2. The van der Waals surface area contributed by atoms with Crippen LogP contribution in [0.25, 0.3) is 11.3 Å². The number of amides is 2. The van der Waals surface area contributed by atoms with Crippen molar-refractivity contribution in [2.75, 3.05) is 17.7 Å². The number of nitrogens with one attached hydrogen (secondary N) is 4. The summed E-state index contributed by atoms with van der Waals surface area (Å²) in [6.45, 7) is 2.22. The Labute approximate surface area is 232 Å². The van der Waals surface area contributed by atoms with E-state index < -0.39 is 18.3 Å². The summed E-state index contributed by atoms with van der Waals surface area (Å²) in [5.74, 6) is 0.286. The molecule has 2 aromatic heterocycles.